The molecule has 0 atom stereocenters. The Hall–Kier alpha value is -2.10. The Balaban J connectivity index is 1.94. The zero-order valence-electron chi connectivity index (χ0n) is 11.5. The van der Waals surface area contributed by atoms with Gasteiger partial charge in [-0.3, -0.25) is 4.79 Å². The van der Waals surface area contributed by atoms with Crippen molar-refractivity contribution in [2.24, 2.45) is 0 Å². The van der Waals surface area contributed by atoms with Crippen molar-refractivity contribution in [1.82, 2.24) is 9.88 Å². The van der Waals surface area contributed by atoms with Crippen LogP contribution < -0.4 is 5.73 Å². The number of aromatic nitrogens is 1. The fourth-order valence-corrected chi connectivity index (χ4v) is 2.75. The molecule has 1 aromatic carbocycles. The summed E-state index contributed by atoms with van der Waals surface area (Å²) in [4.78, 5) is 18.9. The van der Waals surface area contributed by atoms with E-state index in [1.54, 1.807) is 6.07 Å². The van der Waals surface area contributed by atoms with E-state index in [2.05, 4.69) is 4.98 Å². The molecule has 1 aliphatic heterocycles. The van der Waals surface area contributed by atoms with E-state index in [-0.39, 0.29) is 5.91 Å². The number of hydrogen-bond donors (Lipinski definition) is 1. The maximum absolute atomic E-state index is 12.6. The normalized spacial score (nSPS) is 16.1. The summed E-state index contributed by atoms with van der Waals surface area (Å²) in [6.45, 7) is 1.65. The smallest absolute Gasteiger partial charge is 0.272 e. The molecular formula is C16H19N3O. The number of benzene rings is 1. The second-order valence-electron chi connectivity index (χ2n) is 5.32. The van der Waals surface area contributed by atoms with Crippen molar-refractivity contribution in [3.05, 3.63) is 36.0 Å². The summed E-state index contributed by atoms with van der Waals surface area (Å²) in [6.07, 6.45) is 4.57. The van der Waals surface area contributed by atoms with Crippen LogP contribution in [0.2, 0.25) is 0 Å². The zero-order valence-corrected chi connectivity index (χ0v) is 11.5. The van der Waals surface area contributed by atoms with Crippen LogP contribution in [-0.2, 0) is 0 Å². The Morgan fingerprint density at radius 1 is 1.10 bits per heavy atom. The molecule has 0 saturated carbocycles. The number of carbonyl (C=O) groups is 1. The molecular weight excluding hydrogens is 250 g/mol. The molecule has 2 N–H and O–H groups in total. The molecule has 0 aliphatic carbocycles. The van der Waals surface area contributed by atoms with Crippen molar-refractivity contribution in [2.75, 3.05) is 18.8 Å². The first-order chi connectivity index (χ1) is 9.75. The average molecular weight is 269 g/mol. The number of para-hydroxylation sites is 1. The van der Waals surface area contributed by atoms with Crippen molar-refractivity contribution < 1.29 is 4.79 Å². The second kappa shape index (κ2) is 5.49. The summed E-state index contributed by atoms with van der Waals surface area (Å²) in [5.41, 5.74) is 7.91. The Bertz CT molecular complexity index is 631. The molecule has 3 rings (SSSR count). The summed E-state index contributed by atoms with van der Waals surface area (Å²) in [5, 5.41) is 0.903. The third-order valence-electron chi connectivity index (χ3n) is 3.86. The molecule has 2 aromatic rings. The maximum Gasteiger partial charge on any atom is 0.272 e. The van der Waals surface area contributed by atoms with E-state index >= 15 is 0 Å². The highest BCUT2D eigenvalue weighted by atomic mass is 16.2. The van der Waals surface area contributed by atoms with Crippen LogP contribution in [0.1, 0.15) is 36.2 Å². The van der Waals surface area contributed by atoms with Gasteiger partial charge in [-0.1, -0.05) is 31.0 Å². The molecule has 2 heterocycles. The van der Waals surface area contributed by atoms with Gasteiger partial charge in [0.05, 0.1) is 5.52 Å². The first-order valence-electron chi connectivity index (χ1n) is 7.20. The Morgan fingerprint density at radius 3 is 2.55 bits per heavy atom. The molecule has 1 saturated heterocycles. The number of fused-ring (bicyclic) bond motifs is 1. The first-order valence-corrected chi connectivity index (χ1v) is 7.20. The van der Waals surface area contributed by atoms with E-state index in [1.165, 1.54) is 12.8 Å². The van der Waals surface area contributed by atoms with Gasteiger partial charge in [-0.05, 0) is 25.0 Å². The highest BCUT2D eigenvalue weighted by molar-refractivity contribution is 5.99. The van der Waals surface area contributed by atoms with E-state index in [0.29, 0.717) is 11.4 Å². The van der Waals surface area contributed by atoms with Crippen molar-refractivity contribution in [3.8, 4) is 0 Å². The van der Waals surface area contributed by atoms with E-state index in [0.717, 1.165) is 36.8 Å². The van der Waals surface area contributed by atoms with Gasteiger partial charge in [0.15, 0.2) is 0 Å². The zero-order chi connectivity index (χ0) is 13.9. The van der Waals surface area contributed by atoms with Gasteiger partial charge in [-0.25, -0.2) is 4.98 Å². The van der Waals surface area contributed by atoms with Crippen LogP contribution in [-0.4, -0.2) is 28.9 Å². The number of anilines is 1. The fraction of sp³-hybridized carbons (Fsp3) is 0.375. The van der Waals surface area contributed by atoms with E-state index in [1.807, 2.05) is 29.2 Å². The van der Waals surface area contributed by atoms with Crippen molar-refractivity contribution in [3.63, 3.8) is 0 Å². The molecule has 104 valence electrons. The molecule has 0 spiro atoms. The minimum absolute atomic E-state index is 0.00403. The third kappa shape index (κ3) is 2.46. The molecule has 4 nitrogen and oxygen atoms in total. The van der Waals surface area contributed by atoms with Crippen LogP contribution in [0.15, 0.2) is 30.3 Å². The number of nitrogens with zero attached hydrogens (tertiary/aromatic N) is 2. The number of carbonyl (C=O) groups excluding carboxylic acids is 1. The minimum atomic E-state index is 0.00403. The van der Waals surface area contributed by atoms with Crippen LogP contribution in [0.25, 0.3) is 10.9 Å². The molecule has 1 fully saturated rings. The Morgan fingerprint density at radius 2 is 1.80 bits per heavy atom. The monoisotopic (exact) mass is 269 g/mol. The van der Waals surface area contributed by atoms with Gasteiger partial charge in [-0.15, -0.1) is 0 Å². The molecule has 1 amide bonds. The van der Waals surface area contributed by atoms with Gasteiger partial charge in [-0.2, -0.15) is 0 Å². The topological polar surface area (TPSA) is 59.2 Å². The second-order valence-corrected chi connectivity index (χ2v) is 5.32. The lowest BCUT2D eigenvalue weighted by molar-refractivity contribution is 0.0756. The highest BCUT2D eigenvalue weighted by Crippen LogP contribution is 2.21. The van der Waals surface area contributed by atoms with Crippen LogP contribution >= 0.6 is 0 Å². The van der Waals surface area contributed by atoms with Gasteiger partial charge >= 0.3 is 0 Å². The summed E-state index contributed by atoms with van der Waals surface area (Å²) < 4.78 is 0. The maximum atomic E-state index is 12.6. The number of hydrogen-bond acceptors (Lipinski definition) is 3. The van der Waals surface area contributed by atoms with Crippen LogP contribution in [0.4, 0.5) is 5.69 Å². The van der Waals surface area contributed by atoms with E-state index in [4.69, 9.17) is 5.73 Å². The standard InChI is InChI=1S/C16H19N3O/c17-13-11-15(18-14-8-4-3-7-12(13)14)16(20)19-9-5-1-2-6-10-19/h3-4,7-8,11H,1-2,5-6,9-10H2,(H2,17,18). The van der Waals surface area contributed by atoms with Crippen LogP contribution in [0, 0.1) is 0 Å². The Kier molecular flexibility index (Phi) is 3.54. The molecule has 0 unspecified atom stereocenters. The summed E-state index contributed by atoms with van der Waals surface area (Å²) in [5.74, 6) is 0.00403. The van der Waals surface area contributed by atoms with E-state index in [9.17, 15) is 4.79 Å². The Labute approximate surface area is 118 Å². The fourth-order valence-electron chi connectivity index (χ4n) is 2.75. The lowest BCUT2D eigenvalue weighted by Crippen LogP contribution is -2.32. The van der Waals surface area contributed by atoms with Crippen LogP contribution in [0.5, 0.6) is 0 Å². The van der Waals surface area contributed by atoms with Crippen molar-refractivity contribution >= 4 is 22.5 Å². The predicted molar refractivity (Wildman–Crippen MR) is 80.5 cm³/mol. The van der Waals surface area contributed by atoms with Gasteiger partial charge in [0.25, 0.3) is 5.91 Å². The number of amides is 1. The molecule has 0 bridgehead atoms. The van der Waals surface area contributed by atoms with Crippen LogP contribution in [0.3, 0.4) is 0 Å². The van der Waals surface area contributed by atoms with Crippen molar-refractivity contribution in [1.29, 1.82) is 0 Å². The number of pyridine rings is 1. The van der Waals surface area contributed by atoms with E-state index < -0.39 is 0 Å². The molecule has 4 heteroatoms. The number of nitrogen functional groups attached to an aromatic ring is 1. The molecule has 1 aliphatic rings. The number of nitrogens with two attached hydrogens (primary N) is 1. The molecule has 0 radical (unpaired) electrons. The summed E-state index contributed by atoms with van der Waals surface area (Å²) in [7, 11) is 0. The SMILES string of the molecule is Nc1cc(C(=O)N2CCCCCC2)nc2ccccc12. The van der Waals surface area contributed by atoms with Gasteiger partial charge < -0.3 is 10.6 Å². The summed E-state index contributed by atoms with van der Waals surface area (Å²) in [6, 6.07) is 9.37. The average Bonchev–Trinajstić information content (AvgIpc) is 2.75. The highest BCUT2D eigenvalue weighted by Gasteiger charge is 2.19. The molecule has 20 heavy (non-hydrogen) atoms. The number of likely N-dealkylation sites (tertiary alicyclic amines) is 1. The lowest BCUT2D eigenvalue weighted by atomic mass is 10.1. The third-order valence-corrected chi connectivity index (χ3v) is 3.86. The quantitative estimate of drug-likeness (QED) is 0.866. The molecule has 1 aromatic heterocycles. The summed E-state index contributed by atoms with van der Waals surface area (Å²) >= 11 is 0. The largest absolute Gasteiger partial charge is 0.398 e. The minimum Gasteiger partial charge on any atom is -0.398 e. The van der Waals surface area contributed by atoms with Gasteiger partial charge in [0, 0.05) is 24.2 Å². The first kappa shape index (κ1) is 12.9. The predicted octanol–water partition coefficient (Wildman–Crippen LogP) is 2.83. The van der Waals surface area contributed by atoms with Crippen molar-refractivity contribution in [2.45, 2.75) is 25.7 Å². The van der Waals surface area contributed by atoms with Gasteiger partial charge in [0.1, 0.15) is 5.69 Å². The number of rotatable bonds is 1. The lowest BCUT2D eigenvalue weighted by Gasteiger charge is -2.20. The van der Waals surface area contributed by atoms with Gasteiger partial charge in [0.2, 0.25) is 0 Å².